The zero-order valence-corrected chi connectivity index (χ0v) is 15.2. The lowest BCUT2D eigenvalue weighted by Gasteiger charge is -2.42. The van der Waals surface area contributed by atoms with Gasteiger partial charge in [-0.25, -0.2) is 17.2 Å². The van der Waals surface area contributed by atoms with Gasteiger partial charge in [0, 0.05) is 23.9 Å². The molecule has 0 aliphatic carbocycles. The molecule has 2 aromatic rings. The summed E-state index contributed by atoms with van der Waals surface area (Å²) in [4.78, 5) is 1.93. The monoisotopic (exact) mass is 383 g/mol. The summed E-state index contributed by atoms with van der Waals surface area (Å²) in [6.07, 6.45) is 1.05. The topological polar surface area (TPSA) is 37.4 Å². The summed E-state index contributed by atoms with van der Waals surface area (Å²) in [6.45, 7) is 0.397. The van der Waals surface area contributed by atoms with E-state index in [4.69, 9.17) is 11.6 Å². The highest BCUT2D eigenvalue weighted by molar-refractivity contribution is 8.00. The summed E-state index contributed by atoms with van der Waals surface area (Å²) < 4.78 is 52.0. The van der Waals surface area contributed by atoms with Crippen molar-refractivity contribution in [2.45, 2.75) is 6.04 Å². The molecule has 132 valence electrons. The third-order valence-corrected chi connectivity index (χ3v) is 5.65. The Morgan fingerprint density at radius 3 is 2.16 bits per heavy atom. The summed E-state index contributed by atoms with van der Waals surface area (Å²) >= 11 is 5.91. The number of nitrogens with zero attached hydrogens (tertiary/aromatic N) is 1. The highest BCUT2D eigenvalue weighted by Gasteiger charge is 2.37. The standard InChI is InChI=1S/C18H16ClF2NO2S/c1-22-10-16(17(22)11-3-5-13(19)6-4-11)18(25(2,23)24)12-7-14(20)9-15(21)8-12/h3-9,17H,10H2,1-2H3. The van der Waals surface area contributed by atoms with Crippen molar-refractivity contribution in [3.05, 3.63) is 75.8 Å². The van der Waals surface area contributed by atoms with Gasteiger partial charge in [-0.3, -0.25) is 4.90 Å². The Kier molecular flexibility index (Phi) is 4.70. The van der Waals surface area contributed by atoms with Crippen LogP contribution in [-0.4, -0.2) is 33.2 Å². The van der Waals surface area contributed by atoms with Crippen LogP contribution in [0.15, 0.2) is 48.0 Å². The lowest BCUT2D eigenvalue weighted by molar-refractivity contribution is 0.211. The van der Waals surface area contributed by atoms with E-state index in [-0.39, 0.29) is 16.5 Å². The van der Waals surface area contributed by atoms with Gasteiger partial charge >= 0.3 is 0 Å². The van der Waals surface area contributed by atoms with Crippen molar-refractivity contribution < 1.29 is 17.2 Å². The number of hydrogen-bond donors (Lipinski definition) is 0. The summed E-state index contributed by atoms with van der Waals surface area (Å²) in [6, 6.07) is 9.60. The fourth-order valence-corrected chi connectivity index (χ4v) is 4.54. The zero-order chi connectivity index (χ0) is 18.4. The highest BCUT2D eigenvalue weighted by Crippen LogP contribution is 2.43. The predicted molar refractivity (Wildman–Crippen MR) is 94.9 cm³/mol. The molecule has 0 N–H and O–H groups in total. The molecule has 0 spiro atoms. The van der Waals surface area contributed by atoms with Crippen molar-refractivity contribution in [1.29, 1.82) is 0 Å². The third-order valence-electron chi connectivity index (χ3n) is 4.16. The summed E-state index contributed by atoms with van der Waals surface area (Å²) in [5, 5.41) is 0.576. The molecule has 0 bridgehead atoms. The van der Waals surface area contributed by atoms with E-state index in [0.29, 0.717) is 17.1 Å². The van der Waals surface area contributed by atoms with E-state index in [0.717, 1.165) is 30.0 Å². The predicted octanol–water partition coefficient (Wildman–Crippen LogP) is 4.06. The molecule has 1 saturated heterocycles. The van der Waals surface area contributed by atoms with Gasteiger partial charge in [0.15, 0.2) is 9.84 Å². The van der Waals surface area contributed by atoms with Gasteiger partial charge in [-0.1, -0.05) is 23.7 Å². The van der Waals surface area contributed by atoms with Crippen LogP contribution in [0.2, 0.25) is 5.02 Å². The zero-order valence-electron chi connectivity index (χ0n) is 13.6. The molecule has 0 aromatic heterocycles. The van der Waals surface area contributed by atoms with E-state index < -0.39 is 21.5 Å². The van der Waals surface area contributed by atoms with Crippen LogP contribution in [0.1, 0.15) is 17.2 Å². The maximum atomic E-state index is 13.6. The van der Waals surface area contributed by atoms with Gasteiger partial charge in [0.2, 0.25) is 0 Å². The number of sulfone groups is 1. The van der Waals surface area contributed by atoms with Crippen LogP contribution in [0.4, 0.5) is 8.78 Å². The number of halogens is 3. The number of hydrogen-bond acceptors (Lipinski definition) is 3. The quantitative estimate of drug-likeness (QED) is 0.802. The SMILES string of the molecule is CN1CC(=C(c2cc(F)cc(F)c2)S(C)(=O)=O)C1c1ccc(Cl)cc1. The minimum Gasteiger partial charge on any atom is -0.292 e. The van der Waals surface area contributed by atoms with E-state index in [1.54, 1.807) is 12.1 Å². The molecular formula is C18H16ClF2NO2S. The first kappa shape index (κ1) is 18.0. The van der Waals surface area contributed by atoms with Crippen LogP contribution >= 0.6 is 11.6 Å². The van der Waals surface area contributed by atoms with Gasteiger partial charge < -0.3 is 0 Å². The van der Waals surface area contributed by atoms with Crippen LogP contribution in [-0.2, 0) is 9.84 Å². The highest BCUT2D eigenvalue weighted by atomic mass is 35.5. The van der Waals surface area contributed by atoms with Gasteiger partial charge in [0.25, 0.3) is 0 Å². The third kappa shape index (κ3) is 3.61. The molecule has 1 fully saturated rings. The molecular weight excluding hydrogens is 368 g/mol. The lowest BCUT2D eigenvalue weighted by atomic mass is 9.88. The Morgan fingerprint density at radius 1 is 1.12 bits per heavy atom. The lowest BCUT2D eigenvalue weighted by Crippen LogP contribution is -2.41. The van der Waals surface area contributed by atoms with Gasteiger partial charge in [0.05, 0.1) is 10.9 Å². The van der Waals surface area contributed by atoms with Crippen LogP contribution in [0, 0.1) is 11.6 Å². The first-order valence-corrected chi connectivity index (χ1v) is 9.79. The Morgan fingerprint density at radius 2 is 1.68 bits per heavy atom. The van der Waals surface area contributed by atoms with Gasteiger partial charge in [0.1, 0.15) is 11.6 Å². The molecule has 3 nitrogen and oxygen atoms in total. The molecule has 1 heterocycles. The molecule has 1 unspecified atom stereocenters. The van der Waals surface area contributed by atoms with Crippen molar-refractivity contribution >= 4 is 26.3 Å². The molecule has 25 heavy (non-hydrogen) atoms. The fourth-order valence-electron chi connectivity index (χ4n) is 3.22. The van der Waals surface area contributed by atoms with Crippen molar-refractivity contribution in [2.75, 3.05) is 19.8 Å². The second-order valence-electron chi connectivity index (χ2n) is 6.15. The number of rotatable bonds is 3. The summed E-state index contributed by atoms with van der Waals surface area (Å²) in [7, 11) is -1.83. The van der Waals surface area contributed by atoms with Crippen LogP contribution in [0.3, 0.4) is 0 Å². The maximum absolute atomic E-state index is 13.6. The molecule has 3 rings (SSSR count). The molecule has 7 heteroatoms. The van der Waals surface area contributed by atoms with E-state index >= 15 is 0 Å². The van der Waals surface area contributed by atoms with Crippen molar-refractivity contribution in [1.82, 2.24) is 4.90 Å². The first-order chi connectivity index (χ1) is 11.7. The van der Waals surface area contributed by atoms with E-state index in [1.807, 2.05) is 24.1 Å². The van der Waals surface area contributed by atoms with Crippen molar-refractivity contribution in [3.63, 3.8) is 0 Å². The Bertz CT molecular complexity index is 935. The minimum atomic E-state index is -3.69. The molecule has 1 aliphatic heterocycles. The second kappa shape index (κ2) is 6.52. The fraction of sp³-hybridized carbons (Fsp3) is 0.222. The molecule has 0 radical (unpaired) electrons. The molecule has 2 aromatic carbocycles. The van der Waals surface area contributed by atoms with Crippen molar-refractivity contribution in [2.24, 2.45) is 0 Å². The van der Waals surface area contributed by atoms with Gasteiger partial charge in [-0.15, -0.1) is 0 Å². The van der Waals surface area contributed by atoms with Crippen molar-refractivity contribution in [3.8, 4) is 0 Å². The summed E-state index contributed by atoms with van der Waals surface area (Å²) in [5.74, 6) is -1.63. The maximum Gasteiger partial charge on any atom is 0.176 e. The molecule has 0 amide bonds. The average molecular weight is 384 g/mol. The van der Waals surface area contributed by atoms with Gasteiger partial charge in [-0.2, -0.15) is 0 Å². The van der Waals surface area contributed by atoms with E-state index in [2.05, 4.69) is 0 Å². The first-order valence-electron chi connectivity index (χ1n) is 7.52. The molecule has 1 atom stereocenters. The smallest absolute Gasteiger partial charge is 0.176 e. The Balaban J connectivity index is 2.19. The normalized spacial score (nSPS) is 20.3. The van der Waals surface area contributed by atoms with E-state index in [1.165, 1.54) is 0 Å². The largest absolute Gasteiger partial charge is 0.292 e. The minimum absolute atomic E-state index is 0.0241. The number of benzene rings is 2. The van der Waals surface area contributed by atoms with Gasteiger partial charge in [-0.05, 0) is 48.0 Å². The van der Waals surface area contributed by atoms with Crippen LogP contribution in [0.5, 0.6) is 0 Å². The average Bonchev–Trinajstić information content (AvgIpc) is 2.46. The van der Waals surface area contributed by atoms with Crippen LogP contribution < -0.4 is 0 Å². The number of likely N-dealkylation sites (N-methyl/N-ethyl adjacent to an activating group) is 1. The number of likely N-dealkylation sites (tertiary alicyclic amines) is 1. The molecule has 0 saturated carbocycles. The van der Waals surface area contributed by atoms with E-state index in [9.17, 15) is 17.2 Å². The van der Waals surface area contributed by atoms with Crippen LogP contribution in [0.25, 0.3) is 4.91 Å². The Labute approximate surface area is 150 Å². The summed E-state index contributed by atoms with van der Waals surface area (Å²) in [5.41, 5.74) is 1.51. The molecule has 1 aliphatic rings. The Hall–Kier alpha value is -1.76. The second-order valence-corrected chi connectivity index (χ2v) is 8.54.